The van der Waals surface area contributed by atoms with Crippen LogP contribution in [0.25, 0.3) is 64.1 Å². The average Bonchev–Trinajstić information content (AvgIpc) is 3.63. The Kier molecular flexibility index (Phi) is 5.37. The smallest absolute Gasteiger partial charge is 0.137 e. The summed E-state index contributed by atoms with van der Waals surface area (Å²) < 4.78 is 8.81. The molecule has 4 heteroatoms. The third kappa shape index (κ3) is 3.92. The van der Waals surface area contributed by atoms with Gasteiger partial charge in [0.15, 0.2) is 0 Å². The standard InChI is InChI=1S/C39H24N2OS/c1-2-8-25(9-3-1)27-10-6-12-28(22-27)41(29-16-18-32-31-13-4-5-14-34(31)42-35(32)23-29)30-17-19-33-37(24-30)43-36-20-15-26-11-7-21-40-39(26)38(33)36/h1-24H. The molecule has 0 saturated heterocycles. The third-order valence-corrected chi connectivity index (χ3v) is 9.40. The Morgan fingerprint density at radius 2 is 1.28 bits per heavy atom. The summed E-state index contributed by atoms with van der Waals surface area (Å²) in [4.78, 5) is 7.09. The zero-order valence-corrected chi connectivity index (χ0v) is 23.9. The lowest BCUT2D eigenvalue weighted by Crippen LogP contribution is -2.09. The second-order valence-corrected chi connectivity index (χ2v) is 11.9. The van der Waals surface area contributed by atoms with Gasteiger partial charge in [-0.05, 0) is 65.7 Å². The maximum Gasteiger partial charge on any atom is 0.137 e. The highest BCUT2D eigenvalue weighted by Gasteiger charge is 2.18. The van der Waals surface area contributed by atoms with Gasteiger partial charge in [0, 0.05) is 65.7 Å². The highest BCUT2D eigenvalue weighted by atomic mass is 32.1. The van der Waals surface area contributed by atoms with Gasteiger partial charge in [0.2, 0.25) is 0 Å². The maximum absolute atomic E-state index is 6.33. The molecule has 0 aliphatic carbocycles. The van der Waals surface area contributed by atoms with Crippen molar-refractivity contribution in [2.45, 2.75) is 0 Å². The minimum atomic E-state index is 0.878. The summed E-state index contributed by atoms with van der Waals surface area (Å²) in [5, 5.41) is 5.88. The largest absolute Gasteiger partial charge is 0.456 e. The lowest BCUT2D eigenvalue weighted by atomic mass is 10.0. The summed E-state index contributed by atoms with van der Waals surface area (Å²) in [6.07, 6.45) is 1.88. The van der Waals surface area contributed by atoms with Crippen molar-refractivity contribution >= 4 is 81.4 Å². The number of pyridine rings is 1. The molecule has 0 unspecified atom stereocenters. The van der Waals surface area contributed by atoms with Crippen molar-refractivity contribution in [3.63, 3.8) is 0 Å². The van der Waals surface area contributed by atoms with Gasteiger partial charge in [0.1, 0.15) is 11.2 Å². The van der Waals surface area contributed by atoms with E-state index in [1.807, 2.05) is 35.7 Å². The number of anilines is 3. The van der Waals surface area contributed by atoms with Gasteiger partial charge in [0.25, 0.3) is 0 Å². The van der Waals surface area contributed by atoms with Gasteiger partial charge >= 0.3 is 0 Å². The second-order valence-electron chi connectivity index (χ2n) is 10.8. The van der Waals surface area contributed by atoms with Gasteiger partial charge in [-0.15, -0.1) is 11.3 Å². The molecule has 0 atom stereocenters. The van der Waals surface area contributed by atoms with Crippen LogP contribution in [-0.2, 0) is 0 Å². The third-order valence-electron chi connectivity index (χ3n) is 8.28. The number of furan rings is 1. The van der Waals surface area contributed by atoms with E-state index in [1.165, 1.54) is 31.3 Å². The summed E-state index contributed by atoms with van der Waals surface area (Å²) in [7, 11) is 0. The number of nitrogens with zero attached hydrogens (tertiary/aromatic N) is 2. The molecule has 0 spiro atoms. The first-order chi connectivity index (χ1) is 21.3. The van der Waals surface area contributed by atoms with Crippen LogP contribution < -0.4 is 4.90 Å². The van der Waals surface area contributed by atoms with Gasteiger partial charge in [-0.3, -0.25) is 4.98 Å². The quantitative estimate of drug-likeness (QED) is 0.211. The van der Waals surface area contributed by atoms with E-state index in [4.69, 9.17) is 9.40 Å². The SMILES string of the molecule is c1ccc(-c2cccc(N(c3ccc4c(c3)oc3ccccc34)c3ccc4c(c3)sc3ccc5cccnc5c34)c2)cc1. The topological polar surface area (TPSA) is 29.3 Å². The molecule has 9 rings (SSSR count). The first kappa shape index (κ1) is 24.2. The van der Waals surface area contributed by atoms with E-state index < -0.39 is 0 Å². The molecule has 0 fully saturated rings. The summed E-state index contributed by atoms with van der Waals surface area (Å²) >= 11 is 1.82. The number of para-hydroxylation sites is 1. The van der Waals surface area contributed by atoms with Crippen LogP contribution in [0.2, 0.25) is 0 Å². The van der Waals surface area contributed by atoms with E-state index in [9.17, 15) is 0 Å². The predicted molar refractivity (Wildman–Crippen MR) is 182 cm³/mol. The van der Waals surface area contributed by atoms with Gasteiger partial charge in [-0.25, -0.2) is 0 Å². The van der Waals surface area contributed by atoms with Crippen molar-refractivity contribution in [1.29, 1.82) is 0 Å². The highest BCUT2D eigenvalue weighted by molar-refractivity contribution is 7.26. The fraction of sp³-hybridized carbons (Fsp3) is 0. The fourth-order valence-corrected chi connectivity index (χ4v) is 7.43. The molecular formula is C39H24N2OS. The summed E-state index contributed by atoms with van der Waals surface area (Å²) in [5.74, 6) is 0. The fourth-order valence-electron chi connectivity index (χ4n) is 6.29. The van der Waals surface area contributed by atoms with Gasteiger partial charge in [0.05, 0.1) is 5.52 Å². The van der Waals surface area contributed by atoms with E-state index in [-0.39, 0.29) is 0 Å². The Morgan fingerprint density at radius 3 is 2.21 bits per heavy atom. The monoisotopic (exact) mass is 568 g/mol. The second kappa shape index (κ2) is 9.55. The molecule has 0 aliphatic rings. The molecule has 0 bridgehead atoms. The van der Waals surface area contributed by atoms with Crippen LogP contribution in [0.3, 0.4) is 0 Å². The van der Waals surface area contributed by atoms with Crippen molar-refractivity contribution in [2.24, 2.45) is 0 Å². The van der Waals surface area contributed by atoms with Crippen molar-refractivity contribution in [3.05, 3.63) is 146 Å². The zero-order valence-electron chi connectivity index (χ0n) is 23.1. The van der Waals surface area contributed by atoms with Crippen LogP contribution in [-0.4, -0.2) is 4.98 Å². The van der Waals surface area contributed by atoms with E-state index in [0.29, 0.717) is 0 Å². The summed E-state index contributed by atoms with van der Waals surface area (Å²) in [6.45, 7) is 0. The van der Waals surface area contributed by atoms with Gasteiger partial charge in [-0.2, -0.15) is 0 Å². The molecule has 9 aromatic rings. The number of hydrogen-bond donors (Lipinski definition) is 0. The van der Waals surface area contributed by atoms with E-state index in [1.54, 1.807) is 0 Å². The minimum absolute atomic E-state index is 0.878. The molecule has 3 aromatic heterocycles. The molecule has 0 radical (unpaired) electrons. The average molecular weight is 569 g/mol. The molecule has 6 aromatic carbocycles. The van der Waals surface area contributed by atoms with Gasteiger partial charge in [-0.1, -0.05) is 78.9 Å². The Balaban J connectivity index is 1.27. The molecule has 43 heavy (non-hydrogen) atoms. The Bertz CT molecular complexity index is 2470. The van der Waals surface area contributed by atoms with E-state index in [0.717, 1.165) is 49.9 Å². The van der Waals surface area contributed by atoms with Crippen LogP contribution in [0.1, 0.15) is 0 Å². The summed E-state index contributed by atoms with van der Waals surface area (Å²) in [5.41, 5.74) is 8.43. The van der Waals surface area contributed by atoms with Crippen LogP contribution in [0.15, 0.2) is 150 Å². The van der Waals surface area contributed by atoms with Crippen molar-refractivity contribution in [3.8, 4) is 11.1 Å². The molecule has 202 valence electrons. The summed E-state index contributed by atoms with van der Waals surface area (Å²) in [6, 6.07) is 49.4. The first-order valence-electron chi connectivity index (χ1n) is 14.4. The molecule has 0 amide bonds. The highest BCUT2D eigenvalue weighted by Crippen LogP contribution is 2.44. The molecule has 0 N–H and O–H groups in total. The van der Waals surface area contributed by atoms with Crippen molar-refractivity contribution < 1.29 is 4.42 Å². The van der Waals surface area contributed by atoms with Crippen LogP contribution in [0.5, 0.6) is 0 Å². The molecular weight excluding hydrogens is 545 g/mol. The molecule has 3 nitrogen and oxygen atoms in total. The Morgan fingerprint density at radius 1 is 0.512 bits per heavy atom. The number of aromatic nitrogens is 1. The van der Waals surface area contributed by atoms with E-state index >= 15 is 0 Å². The number of hydrogen-bond acceptors (Lipinski definition) is 4. The lowest BCUT2D eigenvalue weighted by molar-refractivity contribution is 0.669. The number of benzene rings is 6. The zero-order chi connectivity index (χ0) is 28.3. The number of thiophene rings is 1. The van der Waals surface area contributed by atoms with Crippen molar-refractivity contribution in [1.82, 2.24) is 4.98 Å². The minimum Gasteiger partial charge on any atom is -0.456 e. The molecule has 0 saturated carbocycles. The molecule has 3 heterocycles. The van der Waals surface area contributed by atoms with Crippen LogP contribution >= 0.6 is 11.3 Å². The maximum atomic E-state index is 6.33. The van der Waals surface area contributed by atoms with Gasteiger partial charge < -0.3 is 9.32 Å². The first-order valence-corrected chi connectivity index (χ1v) is 15.2. The normalized spacial score (nSPS) is 11.7. The Labute approximate surface area is 251 Å². The van der Waals surface area contributed by atoms with Crippen molar-refractivity contribution in [2.75, 3.05) is 4.90 Å². The van der Waals surface area contributed by atoms with Crippen LogP contribution in [0, 0.1) is 0 Å². The Hall–Kier alpha value is -5.45. The molecule has 0 aliphatic heterocycles. The number of fused-ring (bicyclic) bond motifs is 8. The predicted octanol–water partition coefficient (Wildman–Crippen LogP) is 11.6. The van der Waals surface area contributed by atoms with E-state index in [2.05, 4.69) is 126 Å². The number of rotatable bonds is 4. The van der Waals surface area contributed by atoms with Crippen LogP contribution in [0.4, 0.5) is 17.1 Å². The lowest BCUT2D eigenvalue weighted by Gasteiger charge is -2.26.